The maximum atomic E-state index is 14.6. The second kappa shape index (κ2) is 10.5. The summed E-state index contributed by atoms with van der Waals surface area (Å²) in [5.41, 5.74) is -1.56. The molecule has 0 aliphatic carbocycles. The van der Waals surface area contributed by atoms with E-state index in [4.69, 9.17) is 18.9 Å². The van der Waals surface area contributed by atoms with Crippen molar-refractivity contribution >= 4 is 40.6 Å². The van der Waals surface area contributed by atoms with E-state index in [0.29, 0.717) is 0 Å². The Labute approximate surface area is 195 Å². The average Bonchev–Trinajstić information content (AvgIpc) is 2.59. The summed E-state index contributed by atoms with van der Waals surface area (Å²) in [6.07, 6.45) is -1.06. The molecule has 1 aromatic carbocycles. The first-order valence-electron chi connectivity index (χ1n) is 9.45. The molecular weight excluding hydrogens is 524 g/mol. The Morgan fingerprint density at radius 2 is 1.61 bits per heavy atom. The molecule has 0 heterocycles. The first kappa shape index (κ1) is 26.9. The standard InChI is InChI=1S/C21H29FINO7/c1-20(2,3)30-17(25)13(24-19(27)31-21(4,5)6)10-11-9-12(22)15(23)14(16(11)28-7)18(26)29-8/h9,13H,10H2,1-8H3,(H,24,27). The van der Waals surface area contributed by atoms with Crippen LogP contribution in [0.25, 0.3) is 0 Å². The Balaban J connectivity index is 3.41. The molecule has 0 aromatic heterocycles. The number of nitrogens with one attached hydrogen (secondary N) is 1. The molecule has 1 atom stereocenters. The van der Waals surface area contributed by atoms with Crippen LogP contribution in [0.4, 0.5) is 9.18 Å². The first-order chi connectivity index (χ1) is 14.1. The number of amides is 1. The van der Waals surface area contributed by atoms with E-state index in [1.165, 1.54) is 7.11 Å². The second-order valence-corrected chi connectivity index (χ2v) is 9.75. The maximum Gasteiger partial charge on any atom is 0.408 e. The number of rotatable bonds is 6. The number of benzene rings is 1. The highest BCUT2D eigenvalue weighted by Gasteiger charge is 2.32. The van der Waals surface area contributed by atoms with Gasteiger partial charge >= 0.3 is 18.0 Å². The Morgan fingerprint density at radius 1 is 1.06 bits per heavy atom. The molecule has 0 radical (unpaired) electrons. The van der Waals surface area contributed by atoms with Crippen molar-refractivity contribution in [3.05, 3.63) is 26.6 Å². The minimum atomic E-state index is -1.23. The number of methoxy groups -OCH3 is 2. The lowest BCUT2D eigenvalue weighted by Gasteiger charge is -2.27. The fraction of sp³-hybridized carbons (Fsp3) is 0.571. The molecule has 0 saturated heterocycles. The summed E-state index contributed by atoms with van der Waals surface area (Å²) >= 11 is 1.67. The molecule has 1 amide bonds. The van der Waals surface area contributed by atoms with E-state index in [9.17, 15) is 18.8 Å². The Kier molecular flexibility index (Phi) is 9.09. The van der Waals surface area contributed by atoms with E-state index in [2.05, 4.69) is 5.32 Å². The van der Waals surface area contributed by atoms with E-state index in [1.54, 1.807) is 64.1 Å². The van der Waals surface area contributed by atoms with Crippen LogP contribution in [-0.4, -0.2) is 49.5 Å². The zero-order valence-corrected chi connectivity index (χ0v) is 21.1. The van der Waals surface area contributed by atoms with Gasteiger partial charge in [-0.25, -0.2) is 18.8 Å². The number of carbonyl (C=O) groups excluding carboxylic acids is 3. The zero-order chi connectivity index (χ0) is 24.1. The average molecular weight is 553 g/mol. The zero-order valence-electron chi connectivity index (χ0n) is 19.0. The Bertz CT molecular complexity index is 844. The predicted molar refractivity (Wildman–Crippen MR) is 120 cm³/mol. The summed E-state index contributed by atoms with van der Waals surface area (Å²) in [7, 11) is 2.47. The molecule has 0 aliphatic heterocycles. The van der Waals surface area contributed by atoms with Gasteiger partial charge in [0.1, 0.15) is 34.4 Å². The van der Waals surface area contributed by atoms with Crippen LogP contribution >= 0.6 is 22.6 Å². The minimum Gasteiger partial charge on any atom is -0.496 e. The normalized spacial score (nSPS) is 12.6. The Morgan fingerprint density at radius 3 is 2.06 bits per heavy atom. The lowest BCUT2D eigenvalue weighted by atomic mass is 10.0. The van der Waals surface area contributed by atoms with Gasteiger partial charge in [-0.15, -0.1) is 0 Å². The number of ether oxygens (including phenoxy) is 4. The van der Waals surface area contributed by atoms with E-state index in [-0.39, 0.29) is 26.9 Å². The van der Waals surface area contributed by atoms with E-state index < -0.39 is 41.1 Å². The minimum absolute atomic E-state index is 0.0129. The van der Waals surface area contributed by atoms with Crippen molar-refractivity contribution in [1.82, 2.24) is 5.32 Å². The number of hydrogen-bond donors (Lipinski definition) is 1. The molecule has 10 heteroatoms. The molecule has 0 saturated carbocycles. The molecule has 0 fully saturated rings. The molecule has 0 aliphatic rings. The molecule has 31 heavy (non-hydrogen) atoms. The van der Waals surface area contributed by atoms with Gasteiger partial charge in [-0.3, -0.25) is 0 Å². The number of hydrogen-bond acceptors (Lipinski definition) is 7. The fourth-order valence-corrected chi connectivity index (χ4v) is 3.19. The van der Waals surface area contributed by atoms with Crippen molar-refractivity contribution in [3.63, 3.8) is 0 Å². The third kappa shape index (κ3) is 8.15. The molecular formula is C21H29FINO7. The maximum absolute atomic E-state index is 14.6. The van der Waals surface area contributed by atoms with Crippen LogP contribution in [0.1, 0.15) is 57.5 Å². The van der Waals surface area contributed by atoms with E-state index in [0.717, 1.165) is 13.2 Å². The van der Waals surface area contributed by atoms with Gasteiger partial charge in [0.15, 0.2) is 0 Å². The monoisotopic (exact) mass is 553 g/mol. The summed E-state index contributed by atoms with van der Waals surface area (Å²) in [6.45, 7) is 10.1. The van der Waals surface area contributed by atoms with Crippen molar-refractivity contribution in [2.75, 3.05) is 14.2 Å². The Hall–Kier alpha value is -2.11. The number of carbonyl (C=O) groups is 3. The highest BCUT2D eigenvalue weighted by molar-refractivity contribution is 14.1. The quantitative estimate of drug-likeness (QED) is 0.323. The van der Waals surface area contributed by atoms with Crippen molar-refractivity contribution in [2.45, 2.75) is 65.2 Å². The van der Waals surface area contributed by atoms with Crippen LogP contribution in [0.2, 0.25) is 0 Å². The molecule has 174 valence electrons. The fourth-order valence-electron chi connectivity index (χ4n) is 2.57. The highest BCUT2D eigenvalue weighted by atomic mass is 127. The van der Waals surface area contributed by atoms with Crippen molar-refractivity contribution in [3.8, 4) is 5.75 Å². The lowest BCUT2D eigenvalue weighted by Crippen LogP contribution is -2.47. The molecule has 1 unspecified atom stereocenters. The lowest BCUT2D eigenvalue weighted by molar-refractivity contribution is -0.157. The van der Waals surface area contributed by atoms with Gasteiger partial charge in [0, 0.05) is 12.0 Å². The van der Waals surface area contributed by atoms with Crippen LogP contribution in [0.15, 0.2) is 6.07 Å². The van der Waals surface area contributed by atoms with Gasteiger partial charge in [-0.1, -0.05) is 0 Å². The van der Waals surface area contributed by atoms with Crippen LogP contribution in [-0.2, 0) is 25.4 Å². The molecule has 1 rings (SSSR count). The third-order valence-electron chi connectivity index (χ3n) is 3.65. The van der Waals surface area contributed by atoms with Gasteiger partial charge in [0.25, 0.3) is 0 Å². The number of halogens is 2. The van der Waals surface area contributed by atoms with Crippen LogP contribution in [0, 0.1) is 9.39 Å². The molecule has 0 spiro atoms. The highest BCUT2D eigenvalue weighted by Crippen LogP contribution is 2.32. The smallest absolute Gasteiger partial charge is 0.408 e. The first-order valence-corrected chi connectivity index (χ1v) is 10.5. The van der Waals surface area contributed by atoms with Gasteiger partial charge in [-0.05, 0) is 70.2 Å². The van der Waals surface area contributed by atoms with Crippen LogP contribution < -0.4 is 10.1 Å². The van der Waals surface area contributed by atoms with Gasteiger partial charge < -0.3 is 24.3 Å². The van der Waals surface area contributed by atoms with Crippen molar-refractivity contribution in [1.29, 1.82) is 0 Å². The van der Waals surface area contributed by atoms with Crippen molar-refractivity contribution < 1.29 is 37.7 Å². The molecule has 1 N–H and O–H groups in total. The predicted octanol–water partition coefficient (Wildman–Crippen LogP) is 4.00. The van der Waals surface area contributed by atoms with Crippen LogP contribution in [0.5, 0.6) is 5.75 Å². The molecule has 1 aromatic rings. The van der Waals surface area contributed by atoms with E-state index >= 15 is 0 Å². The SMILES string of the molecule is COC(=O)c1c(I)c(F)cc(CC(NC(=O)OC(C)(C)C)C(=O)OC(C)(C)C)c1OC. The number of alkyl carbamates (subject to hydrolysis) is 1. The van der Waals surface area contributed by atoms with Gasteiger partial charge in [0.2, 0.25) is 0 Å². The van der Waals surface area contributed by atoms with Gasteiger partial charge in [-0.2, -0.15) is 0 Å². The largest absolute Gasteiger partial charge is 0.496 e. The second-order valence-electron chi connectivity index (χ2n) is 8.67. The molecule has 0 bridgehead atoms. The summed E-state index contributed by atoms with van der Waals surface area (Å²) in [5.74, 6) is -2.20. The third-order valence-corrected chi connectivity index (χ3v) is 4.70. The summed E-state index contributed by atoms with van der Waals surface area (Å²) < 4.78 is 35.3. The van der Waals surface area contributed by atoms with Gasteiger partial charge in [0.05, 0.1) is 17.8 Å². The van der Waals surface area contributed by atoms with Crippen molar-refractivity contribution in [2.24, 2.45) is 0 Å². The summed E-state index contributed by atoms with van der Waals surface area (Å²) in [4.78, 5) is 37.3. The van der Waals surface area contributed by atoms with Crippen LogP contribution in [0.3, 0.4) is 0 Å². The van der Waals surface area contributed by atoms with E-state index in [1.807, 2.05) is 0 Å². The molecule has 8 nitrogen and oxygen atoms in total. The number of esters is 2. The topological polar surface area (TPSA) is 100 Å². The summed E-state index contributed by atoms with van der Waals surface area (Å²) in [5, 5.41) is 2.46. The summed E-state index contributed by atoms with van der Waals surface area (Å²) in [6, 6.07) is -0.0887.